The minimum absolute atomic E-state index is 0.167. The zero-order valence-electron chi connectivity index (χ0n) is 10.9. The average molecular weight is 252 g/mol. The lowest BCUT2D eigenvalue weighted by Gasteiger charge is -2.22. The van der Waals surface area contributed by atoms with Gasteiger partial charge in [-0.2, -0.15) is 0 Å². The number of esters is 1. The normalized spacial score (nSPS) is 22.1. The average Bonchev–Trinajstić information content (AvgIpc) is 3.05. The van der Waals surface area contributed by atoms with Crippen LogP contribution >= 0.6 is 0 Å². The number of furan rings is 1. The van der Waals surface area contributed by atoms with Crippen LogP contribution < -0.4 is 5.73 Å². The van der Waals surface area contributed by atoms with E-state index in [-0.39, 0.29) is 11.8 Å². The van der Waals surface area contributed by atoms with Crippen molar-refractivity contribution in [2.45, 2.75) is 19.4 Å². The fourth-order valence-corrected chi connectivity index (χ4v) is 2.37. The van der Waals surface area contributed by atoms with E-state index in [1.165, 1.54) is 7.11 Å². The molecule has 2 N–H and O–H groups in total. The number of hydrogen-bond donors (Lipinski definition) is 1. The number of hydrogen-bond acceptors (Lipinski definition) is 5. The maximum atomic E-state index is 11.3. The quantitative estimate of drug-likeness (QED) is 0.820. The molecule has 5 nitrogen and oxygen atoms in total. The Balaban J connectivity index is 2.03. The van der Waals surface area contributed by atoms with E-state index in [0.717, 1.165) is 31.8 Å². The largest absolute Gasteiger partial charge is 0.463 e. The summed E-state index contributed by atoms with van der Waals surface area (Å²) in [5.74, 6) is 1.19. The zero-order valence-corrected chi connectivity index (χ0v) is 10.9. The number of ether oxygens (including phenoxy) is 1. The van der Waals surface area contributed by atoms with E-state index >= 15 is 0 Å². The van der Waals surface area contributed by atoms with Gasteiger partial charge in [0.05, 0.1) is 13.2 Å². The van der Waals surface area contributed by atoms with Gasteiger partial charge in [0.2, 0.25) is 5.76 Å². The van der Waals surface area contributed by atoms with E-state index in [1.807, 2.05) is 6.07 Å². The van der Waals surface area contributed by atoms with Crippen LogP contribution in [0.25, 0.3) is 0 Å². The summed E-state index contributed by atoms with van der Waals surface area (Å²) in [5, 5.41) is 0. The van der Waals surface area contributed by atoms with Crippen molar-refractivity contribution in [2.24, 2.45) is 11.7 Å². The second kappa shape index (κ2) is 5.54. The van der Waals surface area contributed by atoms with Gasteiger partial charge < -0.3 is 14.9 Å². The Morgan fingerprint density at radius 1 is 1.67 bits per heavy atom. The van der Waals surface area contributed by atoms with Crippen molar-refractivity contribution in [3.05, 3.63) is 23.7 Å². The Morgan fingerprint density at radius 2 is 2.44 bits per heavy atom. The van der Waals surface area contributed by atoms with Crippen LogP contribution in [0.5, 0.6) is 0 Å². The van der Waals surface area contributed by atoms with E-state index < -0.39 is 5.97 Å². The fourth-order valence-electron chi connectivity index (χ4n) is 2.37. The summed E-state index contributed by atoms with van der Waals surface area (Å²) in [7, 11) is 1.35. The van der Waals surface area contributed by atoms with Crippen LogP contribution in [-0.2, 0) is 4.74 Å². The van der Waals surface area contributed by atoms with Crippen LogP contribution in [0.2, 0.25) is 0 Å². The number of carbonyl (C=O) groups excluding carboxylic acids is 1. The highest BCUT2D eigenvalue weighted by molar-refractivity contribution is 5.86. The van der Waals surface area contributed by atoms with Gasteiger partial charge in [-0.25, -0.2) is 4.79 Å². The number of likely N-dealkylation sites (tertiary alicyclic amines) is 1. The van der Waals surface area contributed by atoms with Crippen LogP contribution in [0.1, 0.15) is 35.7 Å². The van der Waals surface area contributed by atoms with Crippen LogP contribution in [0.15, 0.2) is 16.5 Å². The topological polar surface area (TPSA) is 68.7 Å². The lowest BCUT2D eigenvalue weighted by atomic mass is 10.1. The van der Waals surface area contributed by atoms with Gasteiger partial charge in [0.15, 0.2) is 0 Å². The van der Waals surface area contributed by atoms with E-state index in [9.17, 15) is 4.79 Å². The highest BCUT2D eigenvalue weighted by atomic mass is 16.5. The molecule has 2 unspecified atom stereocenters. The van der Waals surface area contributed by atoms with Gasteiger partial charge in [-0.3, -0.25) is 4.90 Å². The van der Waals surface area contributed by atoms with Gasteiger partial charge in [0, 0.05) is 6.54 Å². The lowest BCUT2D eigenvalue weighted by Crippen LogP contribution is -2.26. The van der Waals surface area contributed by atoms with E-state index in [4.69, 9.17) is 10.2 Å². The predicted octanol–water partition coefficient (Wildman–Crippen LogP) is 1.41. The summed E-state index contributed by atoms with van der Waals surface area (Å²) >= 11 is 0. The molecular weight excluding hydrogens is 232 g/mol. The summed E-state index contributed by atoms with van der Waals surface area (Å²) in [4.78, 5) is 13.7. The second-order valence-corrected chi connectivity index (χ2v) is 4.75. The third-order valence-electron chi connectivity index (χ3n) is 3.62. The molecule has 0 aromatic carbocycles. The van der Waals surface area contributed by atoms with Crippen LogP contribution in [0.4, 0.5) is 0 Å². The lowest BCUT2D eigenvalue weighted by molar-refractivity contribution is 0.0559. The molecule has 1 fully saturated rings. The highest BCUT2D eigenvalue weighted by Crippen LogP contribution is 2.28. The van der Waals surface area contributed by atoms with Gasteiger partial charge in [0.1, 0.15) is 5.76 Å². The van der Waals surface area contributed by atoms with E-state index in [2.05, 4.69) is 16.6 Å². The summed E-state index contributed by atoms with van der Waals surface area (Å²) < 4.78 is 10.2. The second-order valence-electron chi connectivity index (χ2n) is 4.75. The van der Waals surface area contributed by atoms with Crippen molar-refractivity contribution in [1.82, 2.24) is 4.90 Å². The first-order valence-corrected chi connectivity index (χ1v) is 6.28. The van der Waals surface area contributed by atoms with Gasteiger partial charge >= 0.3 is 5.97 Å². The number of nitrogens with zero attached hydrogens (tertiary/aromatic N) is 1. The van der Waals surface area contributed by atoms with Crippen LogP contribution in [-0.4, -0.2) is 37.6 Å². The van der Waals surface area contributed by atoms with Crippen molar-refractivity contribution in [3.63, 3.8) is 0 Å². The molecule has 2 atom stereocenters. The molecule has 1 aromatic rings. The molecule has 1 saturated heterocycles. The summed E-state index contributed by atoms with van der Waals surface area (Å²) in [5.41, 5.74) is 5.69. The fraction of sp³-hybridized carbons (Fsp3) is 0.615. The maximum Gasteiger partial charge on any atom is 0.373 e. The molecule has 1 aliphatic rings. The minimum Gasteiger partial charge on any atom is -0.463 e. The molecule has 1 aromatic heterocycles. The van der Waals surface area contributed by atoms with Crippen LogP contribution in [0, 0.1) is 5.92 Å². The van der Waals surface area contributed by atoms with Gasteiger partial charge in [-0.15, -0.1) is 0 Å². The zero-order chi connectivity index (χ0) is 13.1. The molecule has 2 heterocycles. The molecular formula is C13H20N2O3. The highest BCUT2D eigenvalue weighted by Gasteiger charge is 2.27. The molecule has 100 valence electrons. The number of nitrogens with two attached hydrogens (primary N) is 1. The Morgan fingerprint density at radius 3 is 3.06 bits per heavy atom. The minimum atomic E-state index is -0.435. The van der Waals surface area contributed by atoms with Crippen molar-refractivity contribution in [1.29, 1.82) is 0 Å². The standard InChI is InChI=1S/C13H20N2O3/c1-9(15-6-5-10(7-14)8-15)11-3-4-12(18-11)13(16)17-2/h3-4,9-10H,5-8,14H2,1-2H3. The van der Waals surface area contributed by atoms with Crippen molar-refractivity contribution < 1.29 is 13.9 Å². The molecule has 0 amide bonds. The molecule has 0 spiro atoms. The summed E-state index contributed by atoms with van der Waals surface area (Å²) in [6.07, 6.45) is 1.13. The molecule has 0 saturated carbocycles. The van der Waals surface area contributed by atoms with E-state index in [0.29, 0.717) is 5.92 Å². The number of rotatable bonds is 4. The molecule has 2 rings (SSSR count). The van der Waals surface area contributed by atoms with Crippen molar-refractivity contribution >= 4 is 5.97 Å². The summed E-state index contributed by atoms with van der Waals surface area (Å²) in [6, 6.07) is 3.67. The number of methoxy groups -OCH3 is 1. The van der Waals surface area contributed by atoms with E-state index in [1.54, 1.807) is 6.07 Å². The van der Waals surface area contributed by atoms with Crippen molar-refractivity contribution in [3.8, 4) is 0 Å². The Bertz CT molecular complexity index is 416. The molecule has 0 radical (unpaired) electrons. The predicted molar refractivity (Wildman–Crippen MR) is 67.2 cm³/mol. The molecule has 18 heavy (non-hydrogen) atoms. The maximum absolute atomic E-state index is 11.3. The molecule has 0 aliphatic carbocycles. The smallest absolute Gasteiger partial charge is 0.373 e. The molecule has 0 bridgehead atoms. The van der Waals surface area contributed by atoms with Gasteiger partial charge in [-0.05, 0) is 44.5 Å². The van der Waals surface area contributed by atoms with Gasteiger partial charge in [0.25, 0.3) is 0 Å². The van der Waals surface area contributed by atoms with Gasteiger partial charge in [-0.1, -0.05) is 0 Å². The Labute approximate surface area is 107 Å². The SMILES string of the molecule is COC(=O)c1ccc(C(C)N2CCC(CN)C2)o1. The molecule has 5 heteroatoms. The third kappa shape index (κ3) is 2.57. The Kier molecular flexibility index (Phi) is 4.04. The van der Waals surface area contributed by atoms with Crippen LogP contribution in [0.3, 0.4) is 0 Å². The third-order valence-corrected chi connectivity index (χ3v) is 3.62. The first-order chi connectivity index (χ1) is 8.65. The molecule has 1 aliphatic heterocycles. The first kappa shape index (κ1) is 13.1. The summed E-state index contributed by atoms with van der Waals surface area (Å²) in [6.45, 7) is 4.83. The Hall–Kier alpha value is -1.33. The number of carbonyl (C=O) groups is 1. The monoisotopic (exact) mass is 252 g/mol. The first-order valence-electron chi connectivity index (χ1n) is 6.28. The van der Waals surface area contributed by atoms with Crippen molar-refractivity contribution in [2.75, 3.05) is 26.7 Å².